The van der Waals surface area contributed by atoms with Crippen molar-refractivity contribution in [1.29, 1.82) is 0 Å². The minimum Gasteiger partial charge on any atom is -0.166 e. The summed E-state index contributed by atoms with van der Waals surface area (Å²) in [4.78, 5) is 0. The Kier molecular flexibility index (Phi) is 19.9. The van der Waals surface area contributed by atoms with Crippen LogP contribution in [0.2, 0.25) is 0 Å². The van der Waals surface area contributed by atoms with Gasteiger partial charge in [-0.25, -0.2) is 0 Å². The Bertz CT molecular complexity index is 6.00. The summed E-state index contributed by atoms with van der Waals surface area (Å²) in [6.45, 7) is 0. The molecular weight excluding hydrogens is 135 g/mol. The van der Waals surface area contributed by atoms with Gasteiger partial charge in [-0.15, -0.1) is 0 Å². The summed E-state index contributed by atoms with van der Waals surface area (Å²) in [5.74, 6) is 0. The Morgan fingerprint density at radius 1 is 1.25 bits per heavy atom. The molecule has 4 heteroatoms. The van der Waals surface area contributed by atoms with E-state index in [1.807, 2.05) is 0 Å². The van der Waals surface area contributed by atoms with Crippen LogP contribution in [0.4, 0.5) is 0 Å². The van der Waals surface area contributed by atoms with E-state index in [-0.39, 0.29) is 21.7 Å². The van der Waals surface area contributed by atoms with Gasteiger partial charge in [-0.3, -0.25) is 0 Å². The summed E-state index contributed by atoms with van der Waals surface area (Å²) in [5.41, 5.74) is 0. The van der Waals surface area contributed by atoms with Crippen LogP contribution in [-0.2, 0) is 25.6 Å². The zero-order valence-corrected chi connectivity index (χ0v) is 4.74. The molecule has 0 rings (SSSR count). The predicted molar refractivity (Wildman–Crippen MR) is 12.8 cm³/mol. The van der Waals surface area contributed by atoms with Gasteiger partial charge in [-0.1, -0.05) is 0 Å². The van der Waals surface area contributed by atoms with Crippen LogP contribution in [0.15, 0.2) is 0 Å². The van der Waals surface area contributed by atoms with Gasteiger partial charge < -0.3 is 0 Å². The summed E-state index contributed by atoms with van der Waals surface area (Å²) in [6.07, 6.45) is 0. The first-order chi connectivity index (χ1) is 1.41. The Balaban J connectivity index is 0. The maximum absolute atomic E-state index is 4.26. The van der Waals surface area contributed by atoms with E-state index in [9.17, 15) is 0 Å². The molecule has 0 atom stereocenters. The monoisotopic (exact) mass is 134 g/mol. The summed E-state index contributed by atoms with van der Waals surface area (Å²) in [6, 6.07) is 0. The summed E-state index contributed by atoms with van der Waals surface area (Å²) in [5, 5.41) is 0. The molecule has 0 heterocycles. The summed E-state index contributed by atoms with van der Waals surface area (Å²) >= 11 is 8.53. The normalized spacial score (nSPS) is 4.50. The van der Waals surface area contributed by atoms with E-state index in [4.69, 9.17) is 0 Å². The topological polar surface area (TPSA) is 9.23 Å². The number of halogens is 2. The largest absolute Gasteiger partial charge is 0.166 e. The average molecular weight is 135 g/mol. The van der Waals surface area contributed by atoms with Crippen LogP contribution in [0.3, 0.4) is 0 Å². The van der Waals surface area contributed by atoms with Crippen LogP contribution in [0.25, 0.3) is 0 Å². The van der Waals surface area contributed by atoms with Crippen molar-refractivity contribution < 1.29 is 25.6 Å². The molecule has 0 aromatic carbocycles. The summed E-state index contributed by atoms with van der Waals surface area (Å²) < 4.78 is 3.19. The zero-order chi connectivity index (χ0) is 2.71. The van der Waals surface area contributed by atoms with Crippen molar-refractivity contribution in [3.63, 3.8) is 0 Å². The van der Waals surface area contributed by atoms with Gasteiger partial charge in [0.25, 0.3) is 0 Å². The number of hydrogen-bond acceptors (Lipinski definition) is 1. The second kappa shape index (κ2) is 8.87. The smallest absolute Gasteiger partial charge is 0.0832 e. The van der Waals surface area contributed by atoms with Gasteiger partial charge >= 0.3 is 0 Å². The third-order valence-electron chi connectivity index (χ3n) is 0. The van der Waals surface area contributed by atoms with Gasteiger partial charge in [0.1, 0.15) is 0 Å². The van der Waals surface area contributed by atoms with E-state index in [0.29, 0.717) is 0 Å². The van der Waals surface area contributed by atoms with E-state index in [2.05, 4.69) is 27.6 Å². The van der Waals surface area contributed by atoms with E-state index in [1.54, 1.807) is 0 Å². The molecule has 0 bridgehead atoms. The van der Waals surface area contributed by atoms with E-state index >= 15 is 0 Å². The molecule has 0 spiro atoms. The Morgan fingerprint density at radius 3 is 1.25 bits per heavy atom. The Hall–Kier alpha value is 1.25. The molecule has 0 saturated heterocycles. The maximum Gasteiger partial charge on any atom is 0.0832 e. The van der Waals surface area contributed by atoms with Crippen LogP contribution >= 0.6 is 23.7 Å². The quantitative estimate of drug-likeness (QED) is 0.454. The second-order valence-electron chi connectivity index (χ2n) is 0.0583. The molecule has 0 aliphatic carbocycles. The van der Waals surface area contributed by atoms with E-state index < -0.39 is 0 Å². The van der Waals surface area contributed by atoms with Crippen molar-refractivity contribution in [2.45, 2.75) is 0 Å². The van der Waals surface area contributed by atoms with E-state index in [0.717, 1.165) is 0 Å². The SMILES string of the molecule is ClOCl.[Ti]. The Morgan fingerprint density at radius 2 is 1.25 bits per heavy atom. The molecule has 0 radical (unpaired) electrons. The number of rotatable bonds is 0. The van der Waals surface area contributed by atoms with Crippen LogP contribution < -0.4 is 0 Å². The molecule has 0 aliphatic rings. The van der Waals surface area contributed by atoms with E-state index in [1.165, 1.54) is 0 Å². The third kappa shape index (κ3) is 10.5. The summed E-state index contributed by atoms with van der Waals surface area (Å²) in [7, 11) is 0. The van der Waals surface area contributed by atoms with Crippen molar-refractivity contribution in [1.82, 2.24) is 0 Å². The van der Waals surface area contributed by atoms with Gasteiger partial charge in [0.15, 0.2) is 0 Å². The van der Waals surface area contributed by atoms with Gasteiger partial charge in [-0.2, -0.15) is 3.84 Å². The minimum absolute atomic E-state index is 0. The molecule has 0 unspecified atom stereocenters. The third-order valence-corrected chi connectivity index (χ3v) is 0. The fourth-order valence-electron chi connectivity index (χ4n) is 0. The molecule has 0 amide bonds. The van der Waals surface area contributed by atoms with Gasteiger partial charge in [0.05, 0.1) is 23.7 Å². The first kappa shape index (κ1) is 8.98. The van der Waals surface area contributed by atoms with Crippen LogP contribution in [0.5, 0.6) is 0 Å². The molecule has 0 aromatic heterocycles. The standard InChI is InChI=1S/Cl2O.Ti/c1-3-2;. The second-order valence-corrected chi connectivity index (χ2v) is 0.525. The fourth-order valence-corrected chi connectivity index (χ4v) is 0. The van der Waals surface area contributed by atoms with Gasteiger partial charge in [-0.05, 0) is 0 Å². The van der Waals surface area contributed by atoms with Crippen molar-refractivity contribution in [3.05, 3.63) is 0 Å². The van der Waals surface area contributed by atoms with Gasteiger partial charge in [0, 0.05) is 21.7 Å². The van der Waals surface area contributed by atoms with Crippen LogP contribution in [0.1, 0.15) is 0 Å². The van der Waals surface area contributed by atoms with Crippen LogP contribution in [0, 0.1) is 0 Å². The molecule has 0 saturated carbocycles. The molecular formula is Cl2OTi. The van der Waals surface area contributed by atoms with Crippen molar-refractivity contribution in [2.75, 3.05) is 0 Å². The van der Waals surface area contributed by atoms with Crippen LogP contribution in [-0.4, -0.2) is 0 Å². The predicted octanol–water partition coefficient (Wildman–Crippen LogP) is 1.31. The first-order valence-corrected chi connectivity index (χ1v) is 0.926. The molecule has 0 N–H and O–H groups in total. The number of hydrogen-bond donors (Lipinski definition) is 0. The molecule has 0 fully saturated rings. The molecule has 0 aromatic rings. The van der Waals surface area contributed by atoms with Gasteiger partial charge in [0.2, 0.25) is 0 Å². The molecule has 0 aliphatic heterocycles. The maximum atomic E-state index is 4.26. The Labute approximate surface area is 49.4 Å². The van der Waals surface area contributed by atoms with Crippen molar-refractivity contribution in [2.24, 2.45) is 0 Å². The molecule has 24 valence electrons. The zero-order valence-electron chi connectivity index (χ0n) is 1.66. The molecule has 1 nitrogen and oxygen atoms in total. The van der Waals surface area contributed by atoms with Crippen molar-refractivity contribution >= 4 is 23.7 Å². The van der Waals surface area contributed by atoms with Crippen molar-refractivity contribution in [3.8, 4) is 0 Å². The minimum atomic E-state index is 0. The first-order valence-electron chi connectivity index (χ1n) is 0.309. The fraction of sp³-hybridized carbons (Fsp3) is 0. The molecule has 4 heavy (non-hydrogen) atoms. The average Bonchev–Trinajstić information content (AvgIpc) is 0.918.